The third-order valence-corrected chi connectivity index (χ3v) is 7.20. The molecule has 1 aromatic carbocycles. The number of amides is 2. The smallest absolute Gasteiger partial charge is 0.269 e. The van der Waals surface area contributed by atoms with Crippen molar-refractivity contribution in [1.82, 2.24) is 14.5 Å². The van der Waals surface area contributed by atoms with Gasteiger partial charge in [0, 0.05) is 37.8 Å². The van der Waals surface area contributed by atoms with E-state index in [1.165, 1.54) is 12.1 Å². The van der Waals surface area contributed by atoms with Crippen molar-refractivity contribution in [3.63, 3.8) is 0 Å². The highest BCUT2D eigenvalue weighted by molar-refractivity contribution is 7.90. The lowest BCUT2D eigenvalue weighted by molar-refractivity contribution is 0.0654. The number of nitrogens with one attached hydrogen (secondary N) is 1. The number of fused-ring (bicyclic) bond motifs is 1. The van der Waals surface area contributed by atoms with E-state index in [1.54, 1.807) is 11.0 Å². The van der Waals surface area contributed by atoms with E-state index in [1.807, 2.05) is 6.92 Å². The van der Waals surface area contributed by atoms with Crippen LogP contribution in [0.1, 0.15) is 40.5 Å². The molecule has 1 unspecified atom stereocenters. The van der Waals surface area contributed by atoms with Crippen LogP contribution in [0.25, 0.3) is 0 Å². The molecule has 0 spiro atoms. The summed E-state index contributed by atoms with van der Waals surface area (Å²) in [5.41, 5.74) is 0.413. The Hall–Kier alpha value is -1.97. The molecule has 1 aromatic rings. The van der Waals surface area contributed by atoms with E-state index in [-0.39, 0.29) is 40.6 Å². The molecule has 2 fully saturated rings. The van der Waals surface area contributed by atoms with Gasteiger partial charge in [-0.1, -0.05) is 0 Å². The highest BCUT2D eigenvalue weighted by Crippen LogP contribution is 2.32. The first-order valence-corrected chi connectivity index (χ1v) is 10.7. The standard InChI is InChI=1S/C18H23N3O5S/c1-12-10-19-6-7-20(12)17(22)13-4-5-15-16(9-13)27(24,25)21(18(15)23)11-14-3-2-8-26-14/h4-5,9,12,14,19H,2-3,6-8,10-11H2,1H3/t12-,14?/m0/s1. The number of carbonyl (C=O) groups is 2. The molecular formula is C18H23N3O5S. The van der Waals surface area contributed by atoms with Gasteiger partial charge in [-0.3, -0.25) is 9.59 Å². The first kappa shape index (κ1) is 18.4. The number of sulfonamides is 1. The molecular weight excluding hydrogens is 370 g/mol. The Morgan fingerprint density at radius 3 is 2.89 bits per heavy atom. The Bertz CT molecular complexity index is 879. The molecule has 0 aromatic heterocycles. The molecule has 2 amide bonds. The van der Waals surface area contributed by atoms with Gasteiger partial charge in [-0.05, 0) is 38.0 Å². The minimum atomic E-state index is -3.96. The SMILES string of the molecule is C[C@H]1CNCCN1C(=O)c1ccc2c(c1)S(=O)(=O)N(CC1CCCO1)C2=O. The van der Waals surface area contributed by atoms with E-state index in [9.17, 15) is 18.0 Å². The number of nitrogens with zero attached hydrogens (tertiary/aromatic N) is 2. The first-order valence-electron chi connectivity index (χ1n) is 9.24. The van der Waals surface area contributed by atoms with Gasteiger partial charge in [-0.2, -0.15) is 0 Å². The summed E-state index contributed by atoms with van der Waals surface area (Å²) < 4.78 is 32.2. The van der Waals surface area contributed by atoms with Gasteiger partial charge in [0.05, 0.1) is 18.2 Å². The van der Waals surface area contributed by atoms with Crippen molar-refractivity contribution in [3.8, 4) is 0 Å². The Balaban J connectivity index is 1.63. The predicted molar refractivity (Wildman–Crippen MR) is 97.0 cm³/mol. The van der Waals surface area contributed by atoms with Gasteiger partial charge in [0.1, 0.15) is 4.90 Å². The van der Waals surface area contributed by atoms with Gasteiger partial charge in [0.25, 0.3) is 21.8 Å². The number of ether oxygens (including phenoxy) is 1. The highest BCUT2D eigenvalue weighted by atomic mass is 32.2. The zero-order valence-electron chi connectivity index (χ0n) is 15.2. The lowest BCUT2D eigenvalue weighted by Gasteiger charge is -2.34. The Morgan fingerprint density at radius 1 is 1.37 bits per heavy atom. The molecule has 2 atom stereocenters. The van der Waals surface area contributed by atoms with Crippen molar-refractivity contribution in [2.24, 2.45) is 0 Å². The number of hydrogen-bond acceptors (Lipinski definition) is 6. The fourth-order valence-corrected chi connectivity index (χ4v) is 5.50. The summed E-state index contributed by atoms with van der Waals surface area (Å²) >= 11 is 0. The summed E-state index contributed by atoms with van der Waals surface area (Å²) in [6, 6.07) is 4.35. The van der Waals surface area contributed by atoms with Crippen LogP contribution in [0.15, 0.2) is 23.1 Å². The lowest BCUT2D eigenvalue weighted by atomic mass is 10.1. The van der Waals surface area contributed by atoms with E-state index >= 15 is 0 Å². The molecule has 27 heavy (non-hydrogen) atoms. The van der Waals surface area contributed by atoms with Gasteiger partial charge in [0.15, 0.2) is 0 Å². The third kappa shape index (κ3) is 3.13. The van der Waals surface area contributed by atoms with Crippen LogP contribution in [-0.4, -0.2) is 74.4 Å². The molecule has 0 bridgehead atoms. The number of rotatable bonds is 3. The van der Waals surface area contributed by atoms with E-state index < -0.39 is 15.9 Å². The van der Waals surface area contributed by atoms with Gasteiger partial charge in [0.2, 0.25) is 0 Å². The Labute approximate surface area is 158 Å². The minimum absolute atomic E-state index is 0.0218. The Morgan fingerprint density at radius 2 is 2.19 bits per heavy atom. The van der Waals surface area contributed by atoms with Gasteiger partial charge >= 0.3 is 0 Å². The van der Waals surface area contributed by atoms with Crippen LogP contribution in [0.3, 0.4) is 0 Å². The summed E-state index contributed by atoms with van der Waals surface area (Å²) in [6.07, 6.45) is 1.34. The van der Waals surface area contributed by atoms with Gasteiger partial charge < -0.3 is 15.0 Å². The maximum atomic E-state index is 12.9. The summed E-state index contributed by atoms with van der Waals surface area (Å²) in [4.78, 5) is 27.1. The molecule has 3 aliphatic rings. The molecule has 0 aliphatic carbocycles. The molecule has 4 rings (SSSR count). The van der Waals surface area contributed by atoms with Crippen LogP contribution in [0.5, 0.6) is 0 Å². The molecule has 0 radical (unpaired) electrons. The molecule has 3 heterocycles. The molecule has 9 heteroatoms. The summed E-state index contributed by atoms with van der Waals surface area (Å²) in [7, 11) is -3.96. The van der Waals surface area contributed by atoms with Crippen LogP contribution >= 0.6 is 0 Å². The van der Waals surface area contributed by atoms with E-state index in [0.717, 1.165) is 17.1 Å². The maximum absolute atomic E-state index is 12.9. The molecule has 2 saturated heterocycles. The second kappa shape index (κ2) is 6.88. The fourth-order valence-electron chi connectivity index (χ4n) is 3.87. The lowest BCUT2D eigenvalue weighted by Crippen LogP contribution is -2.52. The molecule has 8 nitrogen and oxygen atoms in total. The molecule has 3 aliphatic heterocycles. The minimum Gasteiger partial charge on any atom is -0.376 e. The topological polar surface area (TPSA) is 96.0 Å². The van der Waals surface area contributed by atoms with E-state index in [4.69, 9.17) is 4.74 Å². The molecule has 1 N–H and O–H groups in total. The van der Waals surface area contributed by atoms with E-state index in [2.05, 4.69) is 5.32 Å². The first-order chi connectivity index (χ1) is 12.9. The van der Waals surface area contributed by atoms with Crippen LogP contribution < -0.4 is 5.32 Å². The molecule has 0 saturated carbocycles. The second-order valence-electron chi connectivity index (χ2n) is 7.24. The average molecular weight is 393 g/mol. The zero-order chi connectivity index (χ0) is 19.2. The van der Waals surface area contributed by atoms with Crippen LogP contribution in [0.2, 0.25) is 0 Å². The van der Waals surface area contributed by atoms with Crippen LogP contribution in [-0.2, 0) is 14.8 Å². The zero-order valence-corrected chi connectivity index (χ0v) is 16.0. The number of hydrogen-bond donors (Lipinski definition) is 1. The monoisotopic (exact) mass is 393 g/mol. The number of piperazine rings is 1. The number of carbonyl (C=O) groups excluding carboxylic acids is 2. The van der Waals surface area contributed by atoms with Crippen molar-refractivity contribution in [2.45, 2.75) is 36.8 Å². The van der Waals surface area contributed by atoms with Crippen LogP contribution in [0, 0.1) is 0 Å². The number of benzene rings is 1. The predicted octanol–water partition coefficient (Wildman–Crippen LogP) is 0.444. The average Bonchev–Trinajstić information content (AvgIpc) is 3.23. The van der Waals surface area contributed by atoms with Crippen molar-refractivity contribution in [1.29, 1.82) is 0 Å². The quantitative estimate of drug-likeness (QED) is 0.801. The van der Waals surface area contributed by atoms with E-state index in [0.29, 0.717) is 26.2 Å². The van der Waals surface area contributed by atoms with Crippen molar-refractivity contribution in [3.05, 3.63) is 29.3 Å². The van der Waals surface area contributed by atoms with Crippen LogP contribution in [0.4, 0.5) is 0 Å². The second-order valence-corrected chi connectivity index (χ2v) is 9.07. The van der Waals surface area contributed by atoms with Gasteiger partial charge in [-0.25, -0.2) is 12.7 Å². The maximum Gasteiger partial charge on any atom is 0.269 e. The van der Waals surface area contributed by atoms with Crippen molar-refractivity contribution >= 4 is 21.8 Å². The Kier molecular flexibility index (Phi) is 4.69. The summed E-state index contributed by atoms with van der Waals surface area (Å²) in [6.45, 7) is 4.51. The van der Waals surface area contributed by atoms with Gasteiger partial charge in [-0.15, -0.1) is 0 Å². The normalized spacial score (nSPS) is 27.1. The third-order valence-electron chi connectivity index (χ3n) is 5.41. The van der Waals surface area contributed by atoms with Crippen molar-refractivity contribution < 1.29 is 22.7 Å². The van der Waals surface area contributed by atoms with Crippen molar-refractivity contribution in [2.75, 3.05) is 32.8 Å². The fraction of sp³-hybridized carbons (Fsp3) is 0.556. The summed E-state index contributed by atoms with van der Waals surface area (Å²) in [5, 5.41) is 3.22. The summed E-state index contributed by atoms with van der Waals surface area (Å²) in [5.74, 6) is -0.762. The highest BCUT2D eigenvalue weighted by Gasteiger charge is 2.43. The largest absolute Gasteiger partial charge is 0.376 e. The molecule has 146 valence electrons.